The maximum absolute atomic E-state index is 12.7. The lowest BCUT2D eigenvalue weighted by molar-refractivity contribution is 0.103. The third-order valence-electron chi connectivity index (χ3n) is 4.69. The molecule has 3 aromatic carbocycles. The number of nitrogens with zero attached hydrogens (tertiary/aromatic N) is 2. The van der Waals surface area contributed by atoms with Crippen LogP contribution in [0.3, 0.4) is 0 Å². The van der Waals surface area contributed by atoms with E-state index >= 15 is 0 Å². The molecule has 0 saturated carbocycles. The van der Waals surface area contributed by atoms with Crippen molar-refractivity contribution < 1.29 is 18.7 Å². The second kappa shape index (κ2) is 9.53. The zero-order valence-corrected chi connectivity index (χ0v) is 18.2. The Morgan fingerprint density at radius 1 is 1.00 bits per heavy atom. The molecule has 0 atom stereocenters. The van der Waals surface area contributed by atoms with E-state index in [1.165, 1.54) is 0 Å². The molecule has 0 aliphatic carbocycles. The van der Waals surface area contributed by atoms with Crippen LogP contribution in [0.1, 0.15) is 27.4 Å². The Balaban J connectivity index is 1.41. The molecular formula is C24H20ClN3O4. The van der Waals surface area contributed by atoms with E-state index < -0.39 is 0 Å². The van der Waals surface area contributed by atoms with Crippen molar-refractivity contribution in [2.45, 2.75) is 13.5 Å². The molecule has 0 saturated heterocycles. The maximum atomic E-state index is 12.7. The number of hydrogen-bond donors (Lipinski definition) is 1. The zero-order valence-electron chi connectivity index (χ0n) is 17.5. The van der Waals surface area contributed by atoms with Crippen molar-refractivity contribution in [1.29, 1.82) is 0 Å². The zero-order chi connectivity index (χ0) is 22.5. The summed E-state index contributed by atoms with van der Waals surface area (Å²) in [5.74, 6) is 1.48. The van der Waals surface area contributed by atoms with Crippen molar-refractivity contribution in [1.82, 2.24) is 10.2 Å². The lowest BCUT2D eigenvalue weighted by Crippen LogP contribution is -2.03. The number of benzene rings is 3. The number of aryl methyl sites for hydroxylation is 1. The van der Waals surface area contributed by atoms with Gasteiger partial charge in [-0.1, -0.05) is 41.0 Å². The van der Waals surface area contributed by atoms with Gasteiger partial charge in [-0.25, -0.2) is 0 Å². The standard InChI is InChI=1S/C24H20ClN3O4/c1-15-12-17(23(29)16-6-5-7-18(25)13-16)10-11-20(15)31-14-22-27-28-24(32-22)26-19-8-3-4-9-21(19)30-2/h3-13H,14H2,1-2H3,(H,26,28). The van der Waals surface area contributed by atoms with Crippen LogP contribution in [0.25, 0.3) is 0 Å². The van der Waals surface area contributed by atoms with Crippen molar-refractivity contribution in [3.05, 3.63) is 94.3 Å². The Bertz CT molecular complexity index is 1260. The topological polar surface area (TPSA) is 86.5 Å². The third kappa shape index (κ3) is 4.90. The molecule has 0 bridgehead atoms. The van der Waals surface area contributed by atoms with Gasteiger partial charge in [0.15, 0.2) is 12.4 Å². The second-order valence-electron chi connectivity index (χ2n) is 6.93. The number of ether oxygens (including phenoxy) is 2. The normalized spacial score (nSPS) is 10.6. The van der Waals surface area contributed by atoms with Crippen molar-refractivity contribution in [3.8, 4) is 11.5 Å². The van der Waals surface area contributed by atoms with Crippen LogP contribution in [0.4, 0.5) is 11.7 Å². The van der Waals surface area contributed by atoms with E-state index in [4.69, 9.17) is 25.5 Å². The van der Waals surface area contributed by atoms with E-state index in [0.29, 0.717) is 39.2 Å². The molecule has 0 unspecified atom stereocenters. The van der Waals surface area contributed by atoms with Gasteiger partial charge in [0.25, 0.3) is 5.89 Å². The quantitative estimate of drug-likeness (QED) is 0.350. The van der Waals surface area contributed by atoms with Gasteiger partial charge in [-0.3, -0.25) is 4.79 Å². The number of carbonyl (C=O) groups is 1. The molecule has 0 fully saturated rings. The summed E-state index contributed by atoms with van der Waals surface area (Å²) < 4.78 is 16.7. The smallest absolute Gasteiger partial charge is 0.320 e. The van der Waals surface area contributed by atoms with Gasteiger partial charge in [0.2, 0.25) is 0 Å². The summed E-state index contributed by atoms with van der Waals surface area (Å²) in [6.07, 6.45) is 0. The van der Waals surface area contributed by atoms with E-state index in [1.807, 2.05) is 31.2 Å². The van der Waals surface area contributed by atoms with Gasteiger partial charge in [0.1, 0.15) is 11.5 Å². The SMILES string of the molecule is COc1ccccc1Nc1nnc(COc2ccc(C(=O)c3cccc(Cl)c3)cc2C)o1. The highest BCUT2D eigenvalue weighted by Crippen LogP contribution is 2.27. The summed E-state index contributed by atoms with van der Waals surface area (Å²) >= 11 is 5.99. The van der Waals surface area contributed by atoms with Crippen LogP contribution in [0.5, 0.6) is 11.5 Å². The van der Waals surface area contributed by atoms with Crippen LogP contribution in [0, 0.1) is 6.92 Å². The molecule has 4 rings (SSSR count). The predicted molar refractivity (Wildman–Crippen MR) is 121 cm³/mol. The van der Waals surface area contributed by atoms with Gasteiger partial charge >= 0.3 is 6.01 Å². The van der Waals surface area contributed by atoms with Crippen molar-refractivity contribution in [3.63, 3.8) is 0 Å². The molecule has 0 radical (unpaired) electrons. The fourth-order valence-electron chi connectivity index (χ4n) is 3.11. The summed E-state index contributed by atoms with van der Waals surface area (Å²) in [5, 5.41) is 11.5. The van der Waals surface area contributed by atoms with Gasteiger partial charge in [0, 0.05) is 16.1 Å². The van der Waals surface area contributed by atoms with Crippen LogP contribution >= 0.6 is 11.6 Å². The Kier molecular flexibility index (Phi) is 6.37. The van der Waals surface area contributed by atoms with Gasteiger partial charge in [-0.05, 0) is 55.0 Å². The first kappa shape index (κ1) is 21.4. The maximum Gasteiger partial charge on any atom is 0.320 e. The molecule has 0 amide bonds. The summed E-state index contributed by atoms with van der Waals surface area (Å²) in [4.78, 5) is 12.7. The second-order valence-corrected chi connectivity index (χ2v) is 7.37. The van der Waals surface area contributed by atoms with E-state index in [0.717, 1.165) is 5.56 Å². The molecule has 7 nitrogen and oxygen atoms in total. The number of carbonyl (C=O) groups excluding carboxylic acids is 1. The fourth-order valence-corrected chi connectivity index (χ4v) is 3.30. The minimum atomic E-state index is -0.105. The van der Waals surface area contributed by atoms with E-state index in [9.17, 15) is 4.79 Å². The summed E-state index contributed by atoms with van der Waals surface area (Å²) in [6, 6.07) is 19.7. The first-order chi connectivity index (χ1) is 15.5. The Hall–Kier alpha value is -3.84. The van der Waals surface area contributed by atoms with Crippen LogP contribution in [-0.2, 0) is 6.61 Å². The van der Waals surface area contributed by atoms with Gasteiger partial charge in [0.05, 0.1) is 12.8 Å². The highest BCUT2D eigenvalue weighted by atomic mass is 35.5. The van der Waals surface area contributed by atoms with Crippen molar-refractivity contribution in [2.24, 2.45) is 0 Å². The Labute approximate surface area is 190 Å². The number of anilines is 2. The average molecular weight is 450 g/mol. The minimum absolute atomic E-state index is 0.0863. The number of methoxy groups -OCH3 is 1. The van der Waals surface area contributed by atoms with Crippen LogP contribution in [-0.4, -0.2) is 23.1 Å². The van der Waals surface area contributed by atoms with Crippen LogP contribution < -0.4 is 14.8 Å². The molecule has 0 aliphatic rings. The first-order valence-corrected chi connectivity index (χ1v) is 10.2. The number of halogens is 1. The number of para-hydroxylation sites is 2. The highest BCUT2D eigenvalue weighted by molar-refractivity contribution is 6.31. The Morgan fingerprint density at radius 3 is 2.59 bits per heavy atom. The van der Waals surface area contributed by atoms with E-state index in [1.54, 1.807) is 49.6 Å². The van der Waals surface area contributed by atoms with E-state index in [2.05, 4.69) is 15.5 Å². The van der Waals surface area contributed by atoms with Gasteiger partial charge in [-0.2, -0.15) is 0 Å². The third-order valence-corrected chi connectivity index (χ3v) is 4.93. The molecule has 1 aromatic heterocycles. The molecule has 8 heteroatoms. The van der Waals surface area contributed by atoms with E-state index in [-0.39, 0.29) is 18.4 Å². The first-order valence-electron chi connectivity index (χ1n) is 9.79. The number of rotatable bonds is 8. The number of ketones is 1. The number of nitrogens with one attached hydrogen (secondary N) is 1. The van der Waals surface area contributed by atoms with Gasteiger partial charge < -0.3 is 19.2 Å². The summed E-state index contributed by atoms with van der Waals surface area (Å²) in [6.45, 7) is 1.95. The molecule has 32 heavy (non-hydrogen) atoms. The molecule has 0 aliphatic heterocycles. The minimum Gasteiger partial charge on any atom is -0.495 e. The average Bonchev–Trinajstić information content (AvgIpc) is 3.25. The summed E-state index contributed by atoms with van der Waals surface area (Å²) in [7, 11) is 1.59. The Morgan fingerprint density at radius 2 is 1.81 bits per heavy atom. The van der Waals surface area contributed by atoms with Crippen LogP contribution in [0.2, 0.25) is 5.02 Å². The number of aromatic nitrogens is 2. The monoisotopic (exact) mass is 449 g/mol. The predicted octanol–water partition coefficient (Wildman–Crippen LogP) is 5.59. The molecule has 1 N–H and O–H groups in total. The molecule has 1 heterocycles. The van der Waals surface area contributed by atoms with Crippen LogP contribution in [0.15, 0.2) is 71.1 Å². The fraction of sp³-hybridized carbons (Fsp3) is 0.125. The molecule has 4 aromatic rings. The van der Waals surface area contributed by atoms with Crippen molar-refractivity contribution >= 4 is 29.1 Å². The van der Waals surface area contributed by atoms with Gasteiger partial charge in [-0.15, -0.1) is 5.10 Å². The molecular weight excluding hydrogens is 430 g/mol. The highest BCUT2D eigenvalue weighted by Gasteiger charge is 2.13. The molecule has 0 spiro atoms. The lowest BCUT2D eigenvalue weighted by atomic mass is 10.0. The number of hydrogen-bond acceptors (Lipinski definition) is 7. The molecule has 162 valence electrons. The largest absolute Gasteiger partial charge is 0.495 e. The van der Waals surface area contributed by atoms with Crippen molar-refractivity contribution in [2.75, 3.05) is 12.4 Å². The lowest BCUT2D eigenvalue weighted by Gasteiger charge is -2.09. The summed E-state index contributed by atoms with van der Waals surface area (Å²) in [5.41, 5.74) is 2.61.